The van der Waals surface area contributed by atoms with Crippen LogP contribution < -0.4 is 0 Å². The summed E-state index contributed by atoms with van der Waals surface area (Å²) in [6.45, 7) is 6.97. The predicted molar refractivity (Wildman–Crippen MR) is 86.1 cm³/mol. The maximum Gasteiger partial charge on any atom is 0.272 e. The Kier molecular flexibility index (Phi) is 4.66. The third-order valence-electron chi connectivity index (χ3n) is 4.80. The molecule has 0 bridgehead atoms. The standard InChI is InChI=1S/C16H25N5O2/c1-13-15(18(2)12-17-13)16(23)21-9-7-19(8-10-21)11-14(22)20-5-3-4-6-20/h12H,3-11H2,1-2H3. The molecule has 1 aromatic heterocycles. The van der Waals surface area contributed by atoms with Gasteiger partial charge in [-0.3, -0.25) is 14.5 Å². The first-order valence-corrected chi connectivity index (χ1v) is 8.33. The van der Waals surface area contributed by atoms with Crippen LogP contribution in [0.2, 0.25) is 0 Å². The molecule has 0 aliphatic carbocycles. The van der Waals surface area contributed by atoms with E-state index in [1.807, 2.05) is 23.8 Å². The molecule has 3 heterocycles. The zero-order valence-electron chi connectivity index (χ0n) is 14.0. The van der Waals surface area contributed by atoms with Gasteiger partial charge < -0.3 is 14.4 Å². The molecule has 3 rings (SSSR count). The highest BCUT2D eigenvalue weighted by molar-refractivity contribution is 5.93. The van der Waals surface area contributed by atoms with Crippen molar-refractivity contribution < 1.29 is 9.59 Å². The fourth-order valence-electron chi connectivity index (χ4n) is 3.37. The number of aromatic nitrogens is 2. The molecule has 2 aliphatic heterocycles. The third-order valence-corrected chi connectivity index (χ3v) is 4.80. The number of aryl methyl sites for hydroxylation is 2. The number of likely N-dealkylation sites (tertiary alicyclic amines) is 1. The van der Waals surface area contributed by atoms with Crippen LogP contribution >= 0.6 is 0 Å². The molecule has 1 aromatic rings. The SMILES string of the molecule is Cc1ncn(C)c1C(=O)N1CCN(CC(=O)N2CCCC2)CC1. The number of hydrogen-bond donors (Lipinski definition) is 0. The molecule has 126 valence electrons. The average molecular weight is 319 g/mol. The van der Waals surface area contributed by atoms with Crippen LogP contribution in [0.25, 0.3) is 0 Å². The Labute approximate surface area is 136 Å². The van der Waals surface area contributed by atoms with E-state index < -0.39 is 0 Å². The van der Waals surface area contributed by atoms with Crippen molar-refractivity contribution in [3.63, 3.8) is 0 Å². The normalized spacial score (nSPS) is 19.4. The second kappa shape index (κ2) is 6.70. The molecule has 7 nitrogen and oxygen atoms in total. The van der Waals surface area contributed by atoms with Gasteiger partial charge in [0.05, 0.1) is 18.6 Å². The number of carbonyl (C=O) groups is 2. The molecule has 0 aromatic carbocycles. The average Bonchev–Trinajstić information content (AvgIpc) is 3.18. The molecule has 23 heavy (non-hydrogen) atoms. The molecule has 2 fully saturated rings. The maximum atomic E-state index is 12.6. The molecule has 0 saturated carbocycles. The maximum absolute atomic E-state index is 12.6. The van der Waals surface area contributed by atoms with Gasteiger partial charge in [0, 0.05) is 46.3 Å². The molecule has 0 unspecified atom stereocenters. The minimum absolute atomic E-state index is 0.0352. The molecule has 2 amide bonds. The Hall–Kier alpha value is -1.89. The highest BCUT2D eigenvalue weighted by Gasteiger charge is 2.27. The lowest BCUT2D eigenvalue weighted by atomic mass is 10.2. The first kappa shape index (κ1) is 16.0. The molecular formula is C16H25N5O2. The number of imidazole rings is 1. The Morgan fingerprint density at radius 2 is 1.70 bits per heavy atom. The van der Waals surface area contributed by atoms with E-state index in [0.717, 1.165) is 44.7 Å². The van der Waals surface area contributed by atoms with Gasteiger partial charge in [0.25, 0.3) is 5.91 Å². The highest BCUT2D eigenvalue weighted by atomic mass is 16.2. The summed E-state index contributed by atoms with van der Waals surface area (Å²) in [5, 5.41) is 0. The Morgan fingerprint density at radius 3 is 2.26 bits per heavy atom. The van der Waals surface area contributed by atoms with Crippen molar-refractivity contribution in [2.24, 2.45) is 7.05 Å². The fraction of sp³-hybridized carbons (Fsp3) is 0.688. The molecule has 7 heteroatoms. The summed E-state index contributed by atoms with van der Waals surface area (Å²) in [5.74, 6) is 0.262. The van der Waals surface area contributed by atoms with Gasteiger partial charge in [-0.1, -0.05) is 0 Å². The van der Waals surface area contributed by atoms with E-state index in [9.17, 15) is 9.59 Å². The van der Waals surface area contributed by atoms with Crippen LogP contribution in [0.1, 0.15) is 29.0 Å². The Balaban J connectivity index is 1.52. The zero-order chi connectivity index (χ0) is 16.4. The van der Waals surface area contributed by atoms with Gasteiger partial charge in [0.15, 0.2) is 0 Å². The number of rotatable bonds is 3. The van der Waals surface area contributed by atoms with Crippen LogP contribution in [0.4, 0.5) is 0 Å². The quantitative estimate of drug-likeness (QED) is 0.793. The summed E-state index contributed by atoms with van der Waals surface area (Å²) in [5.41, 5.74) is 1.43. The fourth-order valence-corrected chi connectivity index (χ4v) is 3.37. The van der Waals surface area contributed by atoms with Crippen molar-refractivity contribution in [1.29, 1.82) is 0 Å². The largest absolute Gasteiger partial charge is 0.342 e. The van der Waals surface area contributed by atoms with E-state index in [1.165, 1.54) is 0 Å². The van der Waals surface area contributed by atoms with Crippen LogP contribution in [0, 0.1) is 6.92 Å². The van der Waals surface area contributed by atoms with Gasteiger partial charge in [0.2, 0.25) is 5.91 Å². The molecule has 0 atom stereocenters. The number of carbonyl (C=O) groups excluding carboxylic acids is 2. The molecule has 0 radical (unpaired) electrons. The molecule has 2 saturated heterocycles. The third kappa shape index (κ3) is 3.39. The van der Waals surface area contributed by atoms with Gasteiger partial charge in [-0.2, -0.15) is 0 Å². The molecule has 0 N–H and O–H groups in total. The summed E-state index contributed by atoms with van der Waals surface area (Å²) in [4.78, 5) is 35.0. The molecular weight excluding hydrogens is 294 g/mol. The van der Waals surface area contributed by atoms with Gasteiger partial charge in [-0.25, -0.2) is 4.98 Å². The van der Waals surface area contributed by atoms with Gasteiger partial charge in [-0.05, 0) is 19.8 Å². The van der Waals surface area contributed by atoms with Crippen molar-refractivity contribution in [1.82, 2.24) is 24.3 Å². The predicted octanol–water partition coefficient (Wildman–Crippen LogP) is 0.109. The highest BCUT2D eigenvalue weighted by Crippen LogP contribution is 2.13. The lowest BCUT2D eigenvalue weighted by Gasteiger charge is -2.35. The van der Waals surface area contributed by atoms with Crippen LogP contribution in [-0.2, 0) is 11.8 Å². The van der Waals surface area contributed by atoms with Crippen molar-refractivity contribution in [3.05, 3.63) is 17.7 Å². The first-order chi connectivity index (χ1) is 11.1. The second-order valence-corrected chi connectivity index (χ2v) is 6.45. The molecule has 0 spiro atoms. The van der Waals surface area contributed by atoms with Crippen LogP contribution in [-0.4, -0.2) is 81.9 Å². The Bertz CT molecular complexity index is 564. The van der Waals surface area contributed by atoms with Crippen LogP contribution in [0.3, 0.4) is 0 Å². The monoisotopic (exact) mass is 319 g/mol. The van der Waals surface area contributed by atoms with Crippen molar-refractivity contribution in [2.75, 3.05) is 45.8 Å². The summed E-state index contributed by atoms with van der Waals surface area (Å²) in [6, 6.07) is 0. The lowest BCUT2D eigenvalue weighted by Crippen LogP contribution is -2.51. The van der Waals surface area contributed by atoms with E-state index in [0.29, 0.717) is 25.3 Å². The van der Waals surface area contributed by atoms with Gasteiger partial charge in [0.1, 0.15) is 5.69 Å². The number of nitrogens with zero attached hydrogens (tertiary/aromatic N) is 5. The summed E-state index contributed by atoms with van der Waals surface area (Å²) in [7, 11) is 1.85. The van der Waals surface area contributed by atoms with Crippen molar-refractivity contribution in [2.45, 2.75) is 19.8 Å². The van der Waals surface area contributed by atoms with Gasteiger partial charge >= 0.3 is 0 Å². The number of hydrogen-bond acceptors (Lipinski definition) is 4. The van der Waals surface area contributed by atoms with Crippen LogP contribution in [0.5, 0.6) is 0 Å². The lowest BCUT2D eigenvalue weighted by molar-refractivity contribution is -0.131. The van der Waals surface area contributed by atoms with Crippen LogP contribution in [0.15, 0.2) is 6.33 Å². The number of piperazine rings is 1. The zero-order valence-corrected chi connectivity index (χ0v) is 14.0. The minimum atomic E-state index is 0.0352. The van der Waals surface area contributed by atoms with E-state index in [1.54, 1.807) is 10.9 Å². The van der Waals surface area contributed by atoms with Gasteiger partial charge in [-0.15, -0.1) is 0 Å². The smallest absolute Gasteiger partial charge is 0.272 e. The minimum Gasteiger partial charge on any atom is -0.342 e. The first-order valence-electron chi connectivity index (χ1n) is 8.33. The van der Waals surface area contributed by atoms with E-state index >= 15 is 0 Å². The summed E-state index contributed by atoms with van der Waals surface area (Å²) < 4.78 is 1.78. The number of amides is 2. The van der Waals surface area contributed by atoms with E-state index in [-0.39, 0.29) is 11.8 Å². The topological polar surface area (TPSA) is 61.7 Å². The van der Waals surface area contributed by atoms with E-state index in [2.05, 4.69) is 9.88 Å². The Morgan fingerprint density at radius 1 is 1.04 bits per heavy atom. The summed E-state index contributed by atoms with van der Waals surface area (Å²) in [6.07, 6.45) is 3.92. The van der Waals surface area contributed by atoms with Crippen molar-refractivity contribution >= 4 is 11.8 Å². The van der Waals surface area contributed by atoms with E-state index in [4.69, 9.17) is 0 Å². The van der Waals surface area contributed by atoms with Crippen molar-refractivity contribution in [3.8, 4) is 0 Å². The second-order valence-electron chi connectivity index (χ2n) is 6.45. The summed E-state index contributed by atoms with van der Waals surface area (Å²) >= 11 is 0. The molecule has 2 aliphatic rings.